The Hall–Kier alpha value is -3.47. The fourth-order valence-electron chi connectivity index (χ4n) is 3.07. The highest BCUT2D eigenvalue weighted by molar-refractivity contribution is 6.32. The SMILES string of the molecule is Cc1cc(C#N)cc(Oc2c(Cl)ccc(Cc3nnc(-c4ccc(C)nc4Cl)o3)c2F)c1. The first-order valence-corrected chi connectivity index (χ1v) is 10.2. The molecule has 0 aliphatic carbocycles. The molecule has 0 saturated carbocycles. The Morgan fingerprint density at radius 2 is 1.91 bits per heavy atom. The van der Waals surface area contributed by atoms with E-state index in [4.69, 9.17) is 37.6 Å². The largest absolute Gasteiger partial charge is 0.453 e. The number of hydrogen-bond acceptors (Lipinski definition) is 6. The van der Waals surface area contributed by atoms with E-state index in [0.29, 0.717) is 16.9 Å². The van der Waals surface area contributed by atoms with Gasteiger partial charge in [-0.2, -0.15) is 5.26 Å². The summed E-state index contributed by atoms with van der Waals surface area (Å²) >= 11 is 12.3. The predicted octanol–water partition coefficient (Wildman–Crippen LogP) is 6.45. The molecule has 0 N–H and O–H groups in total. The summed E-state index contributed by atoms with van der Waals surface area (Å²) in [4.78, 5) is 4.16. The van der Waals surface area contributed by atoms with Gasteiger partial charge in [-0.3, -0.25) is 0 Å². The lowest BCUT2D eigenvalue weighted by atomic mass is 10.1. The van der Waals surface area contributed by atoms with Crippen LogP contribution in [0.4, 0.5) is 4.39 Å². The fourth-order valence-corrected chi connectivity index (χ4v) is 3.54. The summed E-state index contributed by atoms with van der Waals surface area (Å²) < 4.78 is 26.6. The van der Waals surface area contributed by atoms with E-state index in [1.807, 2.05) is 19.9 Å². The van der Waals surface area contributed by atoms with Gasteiger partial charge in [0.15, 0.2) is 11.6 Å². The fraction of sp³-hybridized carbons (Fsp3) is 0.130. The molecule has 0 saturated heterocycles. The molecule has 9 heteroatoms. The van der Waals surface area contributed by atoms with E-state index in [2.05, 4.69) is 15.2 Å². The van der Waals surface area contributed by atoms with Gasteiger partial charge < -0.3 is 9.15 Å². The minimum atomic E-state index is -0.660. The highest BCUT2D eigenvalue weighted by Crippen LogP contribution is 2.35. The Labute approximate surface area is 193 Å². The number of aromatic nitrogens is 3. The van der Waals surface area contributed by atoms with Crippen molar-refractivity contribution >= 4 is 23.2 Å². The highest BCUT2D eigenvalue weighted by Gasteiger charge is 2.19. The Balaban J connectivity index is 1.62. The predicted molar refractivity (Wildman–Crippen MR) is 117 cm³/mol. The molecule has 4 rings (SSSR count). The molecule has 0 amide bonds. The van der Waals surface area contributed by atoms with Gasteiger partial charge in [0, 0.05) is 11.3 Å². The Kier molecular flexibility index (Phi) is 6.08. The second-order valence-electron chi connectivity index (χ2n) is 7.07. The zero-order chi connectivity index (χ0) is 22.8. The van der Waals surface area contributed by atoms with Crippen molar-refractivity contribution in [3.8, 4) is 29.0 Å². The smallest absolute Gasteiger partial charge is 0.250 e. The van der Waals surface area contributed by atoms with Crippen molar-refractivity contribution in [1.29, 1.82) is 5.26 Å². The summed E-state index contributed by atoms with van der Waals surface area (Å²) in [6, 6.07) is 13.5. The first-order chi connectivity index (χ1) is 15.3. The van der Waals surface area contributed by atoms with Crippen molar-refractivity contribution in [2.45, 2.75) is 20.3 Å². The van der Waals surface area contributed by atoms with Crippen molar-refractivity contribution in [3.63, 3.8) is 0 Å². The van der Waals surface area contributed by atoms with Crippen LogP contribution < -0.4 is 4.74 Å². The third-order valence-corrected chi connectivity index (χ3v) is 5.14. The van der Waals surface area contributed by atoms with Crippen molar-refractivity contribution in [1.82, 2.24) is 15.2 Å². The van der Waals surface area contributed by atoms with Crippen LogP contribution in [0.25, 0.3) is 11.5 Å². The van der Waals surface area contributed by atoms with Crippen LogP contribution in [0.2, 0.25) is 10.2 Å². The van der Waals surface area contributed by atoms with Gasteiger partial charge in [-0.15, -0.1) is 10.2 Å². The van der Waals surface area contributed by atoms with Crippen LogP contribution in [0.3, 0.4) is 0 Å². The maximum atomic E-state index is 15.2. The number of ether oxygens (including phenoxy) is 1. The van der Waals surface area contributed by atoms with Gasteiger partial charge in [0.05, 0.1) is 28.6 Å². The molecule has 0 spiro atoms. The van der Waals surface area contributed by atoms with E-state index in [1.165, 1.54) is 18.2 Å². The van der Waals surface area contributed by atoms with E-state index in [-0.39, 0.29) is 39.7 Å². The monoisotopic (exact) mass is 468 g/mol. The molecule has 2 aromatic heterocycles. The number of hydrogen-bond donors (Lipinski definition) is 0. The molecule has 0 aliphatic heterocycles. The van der Waals surface area contributed by atoms with Crippen molar-refractivity contribution in [2.24, 2.45) is 0 Å². The van der Waals surface area contributed by atoms with E-state index in [0.717, 1.165) is 11.3 Å². The molecule has 0 atom stereocenters. The number of rotatable bonds is 5. The van der Waals surface area contributed by atoms with Crippen LogP contribution in [-0.2, 0) is 6.42 Å². The van der Waals surface area contributed by atoms with Crippen molar-refractivity contribution in [2.75, 3.05) is 0 Å². The Morgan fingerprint density at radius 3 is 2.66 bits per heavy atom. The number of benzene rings is 2. The van der Waals surface area contributed by atoms with Crippen LogP contribution in [0.15, 0.2) is 46.9 Å². The van der Waals surface area contributed by atoms with Gasteiger partial charge >= 0.3 is 0 Å². The number of nitriles is 1. The standard InChI is InChI=1S/C23H15Cl2FN4O2/c1-12-7-14(11-27)9-16(8-12)31-21-18(24)6-4-15(20(21)26)10-19-29-30-23(32-19)17-5-3-13(2)28-22(17)25/h3-9H,10H2,1-2H3. The van der Waals surface area contributed by atoms with Gasteiger partial charge in [-0.1, -0.05) is 29.3 Å². The molecule has 160 valence electrons. The molecule has 0 bridgehead atoms. The molecular formula is C23H15Cl2FN4O2. The minimum absolute atomic E-state index is 0.0144. The van der Waals surface area contributed by atoms with Gasteiger partial charge in [0.25, 0.3) is 5.89 Å². The molecule has 2 heterocycles. The first kappa shape index (κ1) is 21.8. The molecule has 0 radical (unpaired) electrons. The summed E-state index contributed by atoms with van der Waals surface area (Å²) in [5.74, 6) is -0.129. The third-order valence-electron chi connectivity index (χ3n) is 4.56. The maximum Gasteiger partial charge on any atom is 0.250 e. The van der Waals surface area contributed by atoms with Gasteiger partial charge in [0.2, 0.25) is 5.89 Å². The van der Waals surface area contributed by atoms with Crippen LogP contribution in [0.5, 0.6) is 11.5 Å². The van der Waals surface area contributed by atoms with Crippen molar-refractivity contribution < 1.29 is 13.5 Å². The second-order valence-corrected chi connectivity index (χ2v) is 7.83. The average Bonchev–Trinajstić information content (AvgIpc) is 3.21. The lowest BCUT2D eigenvalue weighted by molar-refractivity contribution is 0.436. The first-order valence-electron chi connectivity index (χ1n) is 9.46. The number of pyridine rings is 1. The van der Waals surface area contributed by atoms with E-state index < -0.39 is 5.82 Å². The molecular weight excluding hydrogens is 454 g/mol. The maximum absolute atomic E-state index is 15.2. The number of nitrogens with zero attached hydrogens (tertiary/aromatic N) is 4. The normalized spacial score (nSPS) is 10.8. The molecule has 0 aliphatic rings. The highest BCUT2D eigenvalue weighted by atomic mass is 35.5. The molecule has 2 aromatic carbocycles. The lowest BCUT2D eigenvalue weighted by Crippen LogP contribution is -1.98. The van der Waals surface area contributed by atoms with Crippen LogP contribution in [-0.4, -0.2) is 15.2 Å². The van der Waals surface area contributed by atoms with Gasteiger partial charge in [-0.05, 0) is 55.8 Å². The zero-order valence-corrected chi connectivity index (χ0v) is 18.5. The molecule has 4 aromatic rings. The summed E-state index contributed by atoms with van der Waals surface area (Å²) in [7, 11) is 0. The van der Waals surface area contributed by atoms with Crippen LogP contribution >= 0.6 is 23.2 Å². The van der Waals surface area contributed by atoms with E-state index in [9.17, 15) is 0 Å². The van der Waals surface area contributed by atoms with E-state index in [1.54, 1.807) is 24.3 Å². The minimum Gasteiger partial charge on any atom is -0.453 e. The second kappa shape index (κ2) is 8.95. The molecule has 0 fully saturated rings. The van der Waals surface area contributed by atoms with E-state index >= 15 is 4.39 Å². The number of halogens is 3. The van der Waals surface area contributed by atoms with Crippen molar-refractivity contribution in [3.05, 3.63) is 86.7 Å². The Morgan fingerprint density at radius 1 is 1.09 bits per heavy atom. The summed E-state index contributed by atoms with van der Waals surface area (Å²) in [6.45, 7) is 3.63. The average molecular weight is 469 g/mol. The van der Waals surface area contributed by atoms with Gasteiger partial charge in [-0.25, -0.2) is 9.37 Å². The van der Waals surface area contributed by atoms with Gasteiger partial charge in [0.1, 0.15) is 10.9 Å². The quantitative estimate of drug-likeness (QED) is 0.313. The Bertz CT molecular complexity index is 1360. The molecule has 32 heavy (non-hydrogen) atoms. The molecule has 6 nitrogen and oxygen atoms in total. The molecule has 0 unspecified atom stereocenters. The summed E-state index contributed by atoms with van der Waals surface area (Å²) in [5, 5.41) is 17.4. The zero-order valence-electron chi connectivity index (χ0n) is 17.0. The topological polar surface area (TPSA) is 84.8 Å². The van der Waals surface area contributed by atoms with Crippen LogP contribution in [0, 0.1) is 31.0 Å². The third kappa shape index (κ3) is 4.57. The number of aryl methyl sites for hydroxylation is 2. The lowest BCUT2D eigenvalue weighted by Gasteiger charge is -2.12. The summed E-state index contributed by atoms with van der Waals surface area (Å²) in [5.41, 5.74) is 2.69. The summed E-state index contributed by atoms with van der Waals surface area (Å²) in [6.07, 6.45) is 0.0144. The van der Waals surface area contributed by atoms with Crippen LogP contribution in [0.1, 0.15) is 28.3 Å².